The molecule has 9 heteroatoms. The van der Waals surface area contributed by atoms with Crippen LogP contribution in [-0.4, -0.2) is 39.8 Å². The first-order valence-corrected chi connectivity index (χ1v) is 10.3. The summed E-state index contributed by atoms with van der Waals surface area (Å²) in [5.74, 6) is -1.36. The lowest BCUT2D eigenvalue weighted by Gasteiger charge is -2.15. The molecule has 0 aromatic heterocycles. The van der Waals surface area contributed by atoms with Crippen LogP contribution in [-0.2, 0) is 16.1 Å². The number of thioether (sulfide) groups is 1. The van der Waals surface area contributed by atoms with Crippen LogP contribution < -0.4 is 9.47 Å². The monoisotopic (exact) mass is 445 g/mol. The van der Waals surface area contributed by atoms with E-state index in [2.05, 4.69) is 0 Å². The van der Waals surface area contributed by atoms with Crippen LogP contribution in [0.1, 0.15) is 25.0 Å². The van der Waals surface area contributed by atoms with Crippen LogP contribution in [0.15, 0.2) is 47.4 Å². The second-order valence-corrected chi connectivity index (χ2v) is 7.63. The van der Waals surface area contributed by atoms with Gasteiger partial charge in [0.2, 0.25) is 0 Å². The molecule has 0 bridgehead atoms. The van der Waals surface area contributed by atoms with E-state index in [1.165, 1.54) is 31.2 Å². The van der Waals surface area contributed by atoms with Crippen molar-refractivity contribution in [2.24, 2.45) is 0 Å². The Balaban J connectivity index is 1.81. The van der Waals surface area contributed by atoms with Crippen LogP contribution in [0.25, 0.3) is 6.08 Å². The largest absolute Gasteiger partial charge is 0.490 e. The molecule has 2 amide bonds. The average Bonchev–Trinajstić information content (AvgIpc) is 2.99. The number of carboxylic acids is 1. The molecule has 162 valence electrons. The third kappa shape index (κ3) is 5.43. The number of carbonyl (C=O) groups excluding carboxylic acids is 2. The van der Waals surface area contributed by atoms with E-state index >= 15 is 0 Å². The predicted octanol–water partition coefficient (Wildman–Crippen LogP) is 4.31. The molecule has 7 nitrogen and oxygen atoms in total. The van der Waals surface area contributed by atoms with Gasteiger partial charge in [-0.1, -0.05) is 18.2 Å². The number of ether oxygens (including phenoxy) is 2. The Morgan fingerprint density at radius 3 is 2.55 bits per heavy atom. The van der Waals surface area contributed by atoms with Crippen molar-refractivity contribution < 1.29 is 33.4 Å². The molecule has 0 spiro atoms. The lowest BCUT2D eigenvalue weighted by Crippen LogP contribution is -2.27. The first-order chi connectivity index (χ1) is 14.8. The molecule has 1 N–H and O–H groups in total. The molecule has 0 aliphatic carbocycles. The molecule has 2 aromatic rings. The van der Waals surface area contributed by atoms with Crippen molar-refractivity contribution in [3.8, 4) is 11.5 Å². The summed E-state index contributed by atoms with van der Waals surface area (Å²) < 4.78 is 24.0. The predicted molar refractivity (Wildman–Crippen MR) is 113 cm³/mol. The number of carbonyl (C=O) groups is 3. The average molecular weight is 445 g/mol. The minimum atomic E-state index is -1.11. The van der Waals surface area contributed by atoms with E-state index in [-0.39, 0.29) is 17.2 Å². The number of hydrogen-bond donors (Lipinski definition) is 1. The van der Waals surface area contributed by atoms with Crippen molar-refractivity contribution in [3.63, 3.8) is 0 Å². The zero-order valence-electron chi connectivity index (χ0n) is 16.8. The van der Waals surface area contributed by atoms with Gasteiger partial charge in [-0.2, -0.15) is 0 Å². The van der Waals surface area contributed by atoms with Crippen molar-refractivity contribution in [3.05, 3.63) is 64.3 Å². The second-order valence-electron chi connectivity index (χ2n) is 6.63. The molecular weight excluding hydrogens is 425 g/mol. The number of imide groups is 1. The zero-order valence-corrected chi connectivity index (χ0v) is 17.6. The third-order valence-corrected chi connectivity index (χ3v) is 5.25. The number of benzene rings is 2. The van der Waals surface area contributed by atoms with Crippen molar-refractivity contribution in [1.82, 2.24) is 4.90 Å². The lowest BCUT2D eigenvalue weighted by molar-refractivity contribution is -0.144. The van der Waals surface area contributed by atoms with E-state index in [0.717, 1.165) is 16.7 Å². The molecule has 1 atom stereocenters. The van der Waals surface area contributed by atoms with Crippen LogP contribution in [0.2, 0.25) is 0 Å². The number of halogens is 1. The fraction of sp³-hybridized carbons (Fsp3) is 0.227. The number of nitrogens with zero attached hydrogens (tertiary/aromatic N) is 1. The van der Waals surface area contributed by atoms with Gasteiger partial charge in [0.1, 0.15) is 5.82 Å². The minimum Gasteiger partial charge on any atom is -0.490 e. The molecule has 2 aromatic carbocycles. The topological polar surface area (TPSA) is 93.1 Å². The summed E-state index contributed by atoms with van der Waals surface area (Å²) >= 11 is 0.812. The molecule has 0 saturated carbocycles. The zero-order chi connectivity index (χ0) is 22.5. The maximum Gasteiger partial charge on any atom is 0.344 e. The van der Waals surface area contributed by atoms with Crippen LogP contribution in [0.5, 0.6) is 11.5 Å². The normalized spacial score (nSPS) is 16.0. The van der Waals surface area contributed by atoms with Gasteiger partial charge in [0.25, 0.3) is 11.1 Å². The molecule has 1 aliphatic heterocycles. The van der Waals surface area contributed by atoms with Crippen LogP contribution in [0.4, 0.5) is 9.18 Å². The smallest absolute Gasteiger partial charge is 0.344 e. The van der Waals surface area contributed by atoms with Gasteiger partial charge in [0.05, 0.1) is 18.1 Å². The van der Waals surface area contributed by atoms with E-state index < -0.39 is 29.0 Å². The first kappa shape index (κ1) is 22.4. The van der Waals surface area contributed by atoms with Crippen LogP contribution in [0.3, 0.4) is 0 Å². The molecule has 1 aliphatic rings. The number of rotatable bonds is 8. The highest BCUT2D eigenvalue weighted by molar-refractivity contribution is 8.18. The fourth-order valence-electron chi connectivity index (χ4n) is 2.78. The molecular formula is C22H20FNO6S. The van der Waals surface area contributed by atoms with Gasteiger partial charge in [0, 0.05) is 0 Å². The molecule has 1 fully saturated rings. The fourth-order valence-corrected chi connectivity index (χ4v) is 3.62. The minimum absolute atomic E-state index is 0.0480. The summed E-state index contributed by atoms with van der Waals surface area (Å²) in [5.41, 5.74) is 1.23. The van der Waals surface area contributed by atoms with Crippen molar-refractivity contribution in [2.75, 3.05) is 6.61 Å². The highest BCUT2D eigenvalue weighted by atomic mass is 32.2. The van der Waals surface area contributed by atoms with E-state index in [0.29, 0.717) is 23.5 Å². The Morgan fingerprint density at radius 2 is 1.90 bits per heavy atom. The van der Waals surface area contributed by atoms with Crippen molar-refractivity contribution >= 4 is 35.0 Å². The lowest BCUT2D eigenvalue weighted by atomic mass is 10.1. The Hall–Kier alpha value is -3.33. The second kappa shape index (κ2) is 9.65. The Labute approximate surface area is 182 Å². The molecule has 0 radical (unpaired) electrons. The van der Waals surface area contributed by atoms with Gasteiger partial charge >= 0.3 is 5.97 Å². The van der Waals surface area contributed by atoms with E-state index in [1.807, 2.05) is 0 Å². The summed E-state index contributed by atoms with van der Waals surface area (Å²) in [6, 6.07) is 10.4. The number of amides is 2. The number of hydrogen-bond acceptors (Lipinski definition) is 6. The summed E-state index contributed by atoms with van der Waals surface area (Å²) in [5, 5.41) is 8.62. The van der Waals surface area contributed by atoms with Crippen LogP contribution >= 0.6 is 11.8 Å². The van der Waals surface area contributed by atoms with Crippen LogP contribution in [0, 0.1) is 5.82 Å². The molecule has 31 heavy (non-hydrogen) atoms. The SMILES string of the molecule is CCOc1cc(/C=C2/SC(=O)N(Cc3ccc(F)cc3)C2=O)ccc1OC(C)C(=O)O. The Kier molecular flexibility index (Phi) is 6.96. The highest BCUT2D eigenvalue weighted by Gasteiger charge is 2.35. The van der Waals surface area contributed by atoms with Gasteiger partial charge in [0.15, 0.2) is 17.6 Å². The molecule has 3 rings (SSSR count). The quantitative estimate of drug-likeness (QED) is 0.605. The van der Waals surface area contributed by atoms with E-state index in [4.69, 9.17) is 14.6 Å². The van der Waals surface area contributed by atoms with Crippen molar-refractivity contribution in [2.45, 2.75) is 26.5 Å². The standard InChI is InChI=1S/C22H20FNO6S/c1-3-29-18-10-15(6-9-17(18)30-13(2)21(26)27)11-19-20(25)24(22(28)31-19)12-14-4-7-16(23)8-5-14/h4-11,13H,3,12H2,1-2H3,(H,26,27)/b19-11+. The summed E-state index contributed by atoms with van der Waals surface area (Å²) in [4.78, 5) is 37.4. The summed E-state index contributed by atoms with van der Waals surface area (Å²) in [6.07, 6.45) is 0.496. The number of carboxylic acid groups (broad SMARTS) is 1. The van der Waals surface area contributed by atoms with E-state index in [1.54, 1.807) is 31.2 Å². The van der Waals surface area contributed by atoms with Gasteiger partial charge < -0.3 is 14.6 Å². The van der Waals surface area contributed by atoms with Gasteiger partial charge in [-0.15, -0.1) is 0 Å². The Morgan fingerprint density at radius 1 is 1.19 bits per heavy atom. The Bertz CT molecular complexity index is 1040. The van der Waals surface area contributed by atoms with Gasteiger partial charge in [-0.05, 0) is 67.1 Å². The summed E-state index contributed by atoms with van der Waals surface area (Å²) in [6.45, 7) is 3.56. The van der Waals surface area contributed by atoms with Gasteiger partial charge in [-0.25, -0.2) is 9.18 Å². The third-order valence-electron chi connectivity index (χ3n) is 4.34. The molecule has 1 heterocycles. The van der Waals surface area contributed by atoms with Gasteiger partial charge in [-0.3, -0.25) is 14.5 Å². The maximum absolute atomic E-state index is 13.1. The highest BCUT2D eigenvalue weighted by Crippen LogP contribution is 2.35. The molecule has 1 unspecified atom stereocenters. The summed E-state index contributed by atoms with van der Waals surface area (Å²) in [7, 11) is 0. The maximum atomic E-state index is 13.1. The van der Waals surface area contributed by atoms with Crippen molar-refractivity contribution in [1.29, 1.82) is 0 Å². The molecule has 1 saturated heterocycles. The number of aliphatic carboxylic acids is 1. The van der Waals surface area contributed by atoms with E-state index in [9.17, 15) is 18.8 Å². The first-order valence-electron chi connectivity index (χ1n) is 9.44.